The van der Waals surface area contributed by atoms with Crippen LogP contribution in [0.3, 0.4) is 0 Å². The van der Waals surface area contributed by atoms with Crippen molar-refractivity contribution in [3.63, 3.8) is 0 Å². The van der Waals surface area contributed by atoms with Crippen LogP contribution in [-0.2, 0) is 62.3 Å². The maximum absolute atomic E-state index is 15.8. The molecule has 13 atom stereocenters. The van der Waals surface area contributed by atoms with Gasteiger partial charge < -0.3 is 64.8 Å². The highest BCUT2D eigenvalue weighted by atomic mass is 19.4. The molecule has 6 fully saturated rings. The molecule has 3 unspecified atom stereocenters. The van der Waals surface area contributed by atoms with Gasteiger partial charge in [-0.25, -0.2) is 0 Å². The molecule has 4 saturated carbocycles. The highest BCUT2D eigenvalue weighted by Crippen LogP contribution is 2.50. The molecule has 3 aliphatic heterocycles. The van der Waals surface area contributed by atoms with Crippen LogP contribution in [0.1, 0.15) is 197 Å². The van der Waals surface area contributed by atoms with Crippen molar-refractivity contribution in [3.05, 3.63) is 12.2 Å². The molecule has 0 radical (unpaired) electrons. The van der Waals surface area contributed by atoms with Crippen LogP contribution in [0.2, 0.25) is 0 Å². The van der Waals surface area contributed by atoms with E-state index < -0.39 is 180 Å². The Morgan fingerprint density at radius 3 is 1.89 bits per heavy atom. The van der Waals surface area contributed by atoms with E-state index in [4.69, 9.17) is 4.74 Å². The van der Waals surface area contributed by atoms with Crippen LogP contribution < -0.4 is 16.0 Å². The number of methoxy groups -OCH3 is 1. The normalized spacial score (nSPS) is 32.2. The number of halogens is 3. The summed E-state index contributed by atoms with van der Waals surface area (Å²) >= 11 is 0. The topological polar surface area (TPSA) is 279 Å². The van der Waals surface area contributed by atoms with Gasteiger partial charge in [-0.1, -0.05) is 112 Å². The van der Waals surface area contributed by atoms with Crippen molar-refractivity contribution in [1.82, 2.24) is 60.0 Å². The highest BCUT2D eigenvalue weighted by Gasteiger charge is 2.59. The second-order valence-corrected chi connectivity index (χ2v) is 33.9. The summed E-state index contributed by atoms with van der Waals surface area (Å²) in [6, 6.07) is -9.89. The van der Waals surface area contributed by atoms with E-state index in [1.807, 2.05) is 47.6 Å². The first kappa shape index (κ1) is 85.4. The number of rotatable bonds is 12. The molecule has 3 heterocycles. The highest BCUT2D eigenvalue weighted by molar-refractivity contribution is 6.01. The Kier molecular flexibility index (Phi) is 29.6. The van der Waals surface area contributed by atoms with Gasteiger partial charge in [-0.15, -0.1) is 0 Å². The first-order valence-electron chi connectivity index (χ1n) is 38.7. The summed E-state index contributed by atoms with van der Waals surface area (Å²) in [5.41, 5.74) is -2.10. The maximum atomic E-state index is 15.8. The molecule has 105 heavy (non-hydrogen) atoms. The minimum Gasteiger partial charge on any atom is -0.381 e. The number of alkyl halides is 3. The van der Waals surface area contributed by atoms with E-state index in [0.717, 1.165) is 38.5 Å². The van der Waals surface area contributed by atoms with Gasteiger partial charge in [0.1, 0.15) is 53.9 Å². The average molecular weight is 1480 g/mol. The smallest absolute Gasteiger partial charge is 0.381 e. The second-order valence-electron chi connectivity index (χ2n) is 33.9. The van der Waals surface area contributed by atoms with Gasteiger partial charge in [-0.3, -0.25) is 57.5 Å². The zero-order valence-electron chi connectivity index (χ0n) is 65.8. The van der Waals surface area contributed by atoms with Gasteiger partial charge in [0, 0.05) is 76.6 Å². The molecule has 25 nitrogen and oxygen atoms in total. The Bertz CT molecular complexity index is 3150. The van der Waals surface area contributed by atoms with Crippen LogP contribution in [0.25, 0.3) is 0 Å². The Morgan fingerprint density at radius 1 is 0.667 bits per heavy atom. The molecule has 28 heteroatoms. The fourth-order valence-electron chi connectivity index (χ4n) is 17.9. The minimum absolute atomic E-state index is 0.00437. The molecule has 7 aliphatic rings. The van der Waals surface area contributed by atoms with Gasteiger partial charge in [0.25, 0.3) is 0 Å². The summed E-state index contributed by atoms with van der Waals surface area (Å²) in [5, 5.41) is 8.93. The van der Waals surface area contributed by atoms with Gasteiger partial charge in [-0.2, -0.15) is 13.2 Å². The number of hydrogen-bond acceptors (Lipinski definition) is 13. The summed E-state index contributed by atoms with van der Waals surface area (Å²) in [7, 11) is 12.9. The first-order chi connectivity index (χ1) is 49.1. The lowest BCUT2D eigenvalue weighted by Gasteiger charge is -2.54. The molecule has 12 amide bonds. The number of hydrogen-bond donors (Lipinski definition) is 3. The van der Waals surface area contributed by atoms with Crippen LogP contribution in [-0.4, -0.2) is 271 Å². The molecule has 2 saturated heterocycles. The lowest BCUT2D eigenvalue weighted by Crippen LogP contribution is -2.71. The van der Waals surface area contributed by atoms with Crippen molar-refractivity contribution in [2.45, 2.75) is 263 Å². The SMILES string of the molecule is CC[C@H](C)[C@@H]1NC(=O)[C@H](CC(C)C)N(C)C(=O)C[C@@H](C(=O)N(C)C)N(C)C(=O)[C@H](C2CCCC2)N(C)C(=O)C2(CC(C)(C)C2)NC(=O)[C@@H]2C[C@@H](C)CN2C(=O)[C@H](CCC2CCC(C(F)(F)F)C(OC)C2)NC(=O)CN(C)C(=O)[C@H](CC2CCC(C)CC2)N2CC/C=C\C[C@@H](C2=O)N(C)C(=O)CN(C)C1=O. The van der Waals surface area contributed by atoms with Crippen molar-refractivity contribution in [3.8, 4) is 0 Å². The number of likely N-dealkylation sites (N-methyl/N-ethyl adjacent to an activating group) is 7. The van der Waals surface area contributed by atoms with Crippen molar-refractivity contribution in [1.29, 1.82) is 0 Å². The second kappa shape index (κ2) is 36.4. The summed E-state index contributed by atoms with van der Waals surface area (Å²) < 4.78 is 48.3. The predicted molar refractivity (Wildman–Crippen MR) is 389 cm³/mol. The summed E-state index contributed by atoms with van der Waals surface area (Å²) in [5.74, 6) is -10.6. The number of carbonyl (C=O) groups is 12. The maximum Gasteiger partial charge on any atom is 0.394 e. The van der Waals surface area contributed by atoms with E-state index in [-0.39, 0.29) is 107 Å². The van der Waals surface area contributed by atoms with Crippen LogP contribution >= 0.6 is 0 Å². The predicted octanol–water partition coefficient (Wildman–Crippen LogP) is 6.40. The largest absolute Gasteiger partial charge is 0.394 e. The van der Waals surface area contributed by atoms with E-state index in [0.29, 0.717) is 31.6 Å². The van der Waals surface area contributed by atoms with E-state index in [9.17, 15) is 41.9 Å². The summed E-state index contributed by atoms with van der Waals surface area (Å²) in [6.07, 6.45) is 4.97. The minimum atomic E-state index is -4.51. The summed E-state index contributed by atoms with van der Waals surface area (Å²) in [6.45, 7) is 14.3. The molecular weight excluding hydrogens is 1360 g/mol. The van der Waals surface area contributed by atoms with Gasteiger partial charge >= 0.3 is 6.18 Å². The first-order valence-corrected chi connectivity index (χ1v) is 38.7. The number of ether oxygens (including phenoxy) is 1. The zero-order valence-corrected chi connectivity index (χ0v) is 65.8. The van der Waals surface area contributed by atoms with Crippen molar-refractivity contribution in [2.75, 3.05) is 89.7 Å². The number of carbonyl (C=O) groups excluding carboxylic acids is 12. The fourth-order valence-corrected chi connectivity index (χ4v) is 17.9. The Balaban J connectivity index is 1.32. The summed E-state index contributed by atoms with van der Waals surface area (Å²) in [4.78, 5) is 194. The quantitative estimate of drug-likeness (QED) is 0.179. The zero-order chi connectivity index (χ0) is 78.1. The van der Waals surface area contributed by atoms with E-state index >= 15 is 28.8 Å². The molecule has 1 spiro atoms. The lowest BCUT2D eigenvalue weighted by atomic mass is 9.58. The standard InChI is InChI=1S/C77H125F3N12O13/c1-18-49(6)64-72(102)86(12)43-63(95)87(13)55-26-20-19-23-35-91(71(55)101)59(38-50-29-27-47(4)28-30-50)70(100)85(11)42-61(93)81-54(34-32-51-31-33-53(77(78,79)80)60(39-51)105-17)68(98)92-41-48(5)37-57(92)67(97)83-76(44-75(7,8)45-76)74(104)90(16)65(52-24-21-22-25-52)73(103)89(15)58(69(99)84(9)10)40-62(94)88(14)56(36-46(2)3)66(96)82-64/h19-20,46-60,64-65H,18,21-45H2,1-17H3,(H,81,93)(H,82,96)(H,83,97)/b20-19-/t47?,48-,49+,50?,51?,53?,54+,55+,56+,57+,58+,59+,60?,64+,65+/m1/s1. The number of fused-ring (bicyclic) bond motifs is 3. The molecule has 0 aromatic heterocycles. The van der Waals surface area contributed by atoms with Crippen LogP contribution in [0.15, 0.2) is 12.2 Å². The third-order valence-electron chi connectivity index (χ3n) is 24.3. The Labute approximate surface area is 621 Å². The van der Waals surface area contributed by atoms with Gasteiger partial charge in [0.05, 0.1) is 31.5 Å². The third kappa shape index (κ3) is 20.9. The molecule has 3 N–H and O–H groups in total. The molecular formula is C77H125F3N12O13. The van der Waals surface area contributed by atoms with Gasteiger partial charge in [0.15, 0.2) is 0 Å². The lowest BCUT2D eigenvalue weighted by molar-refractivity contribution is -0.215. The van der Waals surface area contributed by atoms with Crippen molar-refractivity contribution in [2.24, 2.45) is 52.8 Å². The van der Waals surface area contributed by atoms with Crippen LogP contribution in [0.4, 0.5) is 13.2 Å². The molecule has 4 aliphatic carbocycles. The fraction of sp³-hybridized carbons (Fsp3) is 0.818. The third-order valence-corrected chi connectivity index (χ3v) is 24.3. The monoisotopic (exact) mass is 1480 g/mol. The molecule has 2 bridgehead atoms. The van der Waals surface area contributed by atoms with Crippen LogP contribution in [0.5, 0.6) is 0 Å². The van der Waals surface area contributed by atoms with Crippen LogP contribution in [0, 0.1) is 52.8 Å². The van der Waals surface area contributed by atoms with Crippen molar-refractivity contribution >= 4 is 70.9 Å². The molecule has 0 aromatic carbocycles. The van der Waals surface area contributed by atoms with Gasteiger partial charge in [-0.05, 0) is 137 Å². The Morgan fingerprint density at radius 2 is 1.30 bits per heavy atom. The van der Waals surface area contributed by atoms with Crippen molar-refractivity contribution < 1.29 is 75.4 Å². The van der Waals surface area contributed by atoms with E-state index in [1.54, 1.807) is 13.0 Å². The number of nitrogens with one attached hydrogen (secondary N) is 3. The average Bonchev–Trinajstić information content (AvgIpc) is 1.24. The number of amides is 12. The van der Waals surface area contributed by atoms with E-state index in [2.05, 4.69) is 22.9 Å². The van der Waals surface area contributed by atoms with Gasteiger partial charge in [0.2, 0.25) is 70.9 Å². The molecule has 0 aromatic rings. The Hall–Kier alpha value is -6.87. The number of nitrogens with zero attached hydrogens (tertiary/aromatic N) is 9. The van der Waals surface area contributed by atoms with E-state index in [1.165, 1.54) is 108 Å². The molecule has 7 rings (SSSR count). The molecule has 592 valence electrons.